The second-order valence-corrected chi connectivity index (χ2v) is 8.19. The Labute approximate surface area is 203 Å². The number of hydrogen-bond acceptors (Lipinski definition) is 7. The summed E-state index contributed by atoms with van der Waals surface area (Å²) in [6.45, 7) is 8.30. The van der Waals surface area contributed by atoms with E-state index >= 15 is 0 Å². The molecule has 0 radical (unpaired) electrons. The largest absolute Gasteiger partial charge is 0.506 e. The molecule has 8 heteroatoms. The molecular weight excluding hydrogens is 454 g/mol. The number of amides is 1. The molecule has 7 nitrogen and oxygen atoms in total. The molecule has 1 amide bonds. The molecule has 0 saturated carbocycles. The number of esters is 1. The van der Waals surface area contributed by atoms with Crippen LogP contribution < -0.4 is 9.47 Å². The summed E-state index contributed by atoms with van der Waals surface area (Å²) in [4.78, 5) is 30.0. The van der Waals surface area contributed by atoms with E-state index < -0.39 is 11.9 Å². The minimum atomic E-state index is -0.746. The maximum atomic E-state index is 12.8. The standard InChI is InChI=1S/C26H27NO6S/c1-5-31-18-13-12-17(20(15-18)32-6-2)14-21-23(28)22(26(30)33-7-3)25(34-21)27-24(29)19-11-9-8-10-16(19)4/h8-15,28H,5-7H2,1-4H3/b21-14-,27-25?. The average molecular weight is 482 g/mol. The van der Waals surface area contributed by atoms with Crippen molar-refractivity contribution in [2.24, 2.45) is 4.99 Å². The van der Waals surface area contributed by atoms with Gasteiger partial charge < -0.3 is 19.3 Å². The molecule has 0 bridgehead atoms. The Morgan fingerprint density at radius 1 is 1.03 bits per heavy atom. The van der Waals surface area contributed by atoms with Crippen molar-refractivity contribution in [2.75, 3.05) is 19.8 Å². The summed E-state index contributed by atoms with van der Waals surface area (Å²) >= 11 is 1.02. The van der Waals surface area contributed by atoms with E-state index in [1.165, 1.54) is 0 Å². The maximum absolute atomic E-state index is 12.8. The minimum Gasteiger partial charge on any atom is -0.506 e. The van der Waals surface area contributed by atoms with E-state index in [2.05, 4.69) is 4.99 Å². The van der Waals surface area contributed by atoms with Gasteiger partial charge in [0, 0.05) is 17.2 Å². The van der Waals surface area contributed by atoms with Gasteiger partial charge >= 0.3 is 5.97 Å². The molecule has 0 fully saturated rings. The van der Waals surface area contributed by atoms with Crippen molar-refractivity contribution in [2.45, 2.75) is 27.7 Å². The van der Waals surface area contributed by atoms with E-state index in [0.29, 0.717) is 40.7 Å². The summed E-state index contributed by atoms with van der Waals surface area (Å²) < 4.78 is 16.4. The molecule has 1 aliphatic rings. The number of hydrogen-bond donors (Lipinski definition) is 1. The van der Waals surface area contributed by atoms with E-state index in [1.54, 1.807) is 56.3 Å². The fraction of sp³-hybridized carbons (Fsp3) is 0.269. The molecule has 0 spiro atoms. The normalized spacial score (nSPS) is 15.6. The zero-order chi connectivity index (χ0) is 24.7. The van der Waals surface area contributed by atoms with E-state index in [4.69, 9.17) is 14.2 Å². The number of aryl methyl sites for hydroxylation is 1. The lowest BCUT2D eigenvalue weighted by Gasteiger charge is -2.11. The van der Waals surface area contributed by atoms with Crippen molar-refractivity contribution >= 4 is 34.8 Å². The third-order valence-corrected chi connectivity index (χ3v) is 5.85. The first-order chi connectivity index (χ1) is 16.4. The number of ether oxygens (including phenoxy) is 3. The van der Waals surface area contributed by atoms with Crippen LogP contribution in [0.2, 0.25) is 0 Å². The molecule has 34 heavy (non-hydrogen) atoms. The summed E-state index contributed by atoms with van der Waals surface area (Å²) in [5.41, 5.74) is 1.72. The summed E-state index contributed by atoms with van der Waals surface area (Å²) in [5.74, 6) is -0.328. The van der Waals surface area contributed by atoms with Crippen LogP contribution in [0.15, 0.2) is 63.7 Å². The zero-order valence-electron chi connectivity index (χ0n) is 19.6. The second-order valence-electron chi connectivity index (χ2n) is 7.16. The van der Waals surface area contributed by atoms with Crippen LogP contribution in [0, 0.1) is 6.92 Å². The van der Waals surface area contributed by atoms with Crippen LogP contribution in [0.5, 0.6) is 11.5 Å². The molecule has 2 aromatic carbocycles. The molecule has 3 rings (SSSR count). The van der Waals surface area contributed by atoms with Crippen molar-refractivity contribution in [3.8, 4) is 11.5 Å². The molecule has 1 aliphatic heterocycles. The van der Waals surface area contributed by atoms with Crippen LogP contribution >= 0.6 is 11.8 Å². The highest BCUT2D eigenvalue weighted by atomic mass is 32.2. The maximum Gasteiger partial charge on any atom is 0.344 e. The highest BCUT2D eigenvalue weighted by Gasteiger charge is 2.34. The SMILES string of the molecule is CCOC(=O)C1=C(O)/C(=C/c2ccc(OCC)cc2OCC)SC1=NC(=O)c1ccccc1C. The van der Waals surface area contributed by atoms with Crippen LogP contribution in [-0.2, 0) is 9.53 Å². The fourth-order valence-corrected chi connectivity index (χ4v) is 4.27. The van der Waals surface area contributed by atoms with Crippen molar-refractivity contribution < 1.29 is 28.9 Å². The number of carbonyl (C=O) groups excluding carboxylic acids is 2. The van der Waals surface area contributed by atoms with E-state index in [0.717, 1.165) is 17.3 Å². The number of benzene rings is 2. The molecule has 178 valence electrons. The molecule has 2 aromatic rings. The molecule has 0 aliphatic carbocycles. The first kappa shape index (κ1) is 25.1. The molecule has 0 unspecified atom stereocenters. The third kappa shape index (κ3) is 5.69. The number of aliphatic imine (C=N–C) groups is 1. The fourth-order valence-electron chi connectivity index (χ4n) is 3.27. The molecular formula is C26H27NO6S. The minimum absolute atomic E-state index is 0.0827. The van der Waals surface area contributed by atoms with Crippen molar-refractivity contribution in [3.63, 3.8) is 0 Å². The average Bonchev–Trinajstić information content (AvgIpc) is 3.10. The monoisotopic (exact) mass is 481 g/mol. The Bertz CT molecular complexity index is 1180. The Kier molecular flexibility index (Phi) is 8.54. The highest BCUT2D eigenvalue weighted by Crippen LogP contribution is 2.40. The molecule has 0 saturated heterocycles. The Hall–Kier alpha value is -3.52. The van der Waals surface area contributed by atoms with Crippen molar-refractivity contribution in [1.82, 2.24) is 0 Å². The first-order valence-corrected chi connectivity index (χ1v) is 11.8. The van der Waals surface area contributed by atoms with Gasteiger partial charge in [-0.1, -0.05) is 30.0 Å². The van der Waals surface area contributed by atoms with Gasteiger partial charge in [-0.2, -0.15) is 0 Å². The van der Waals surface area contributed by atoms with Gasteiger partial charge in [0.2, 0.25) is 0 Å². The van der Waals surface area contributed by atoms with Crippen LogP contribution in [0.1, 0.15) is 42.3 Å². The highest BCUT2D eigenvalue weighted by molar-refractivity contribution is 8.18. The van der Waals surface area contributed by atoms with Gasteiger partial charge in [-0.15, -0.1) is 0 Å². The number of carbonyl (C=O) groups is 2. The van der Waals surface area contributed by atoms with Gasteiger partial charge in [0.25, 0.3) is 5.91 Å². The number of aliphatic hydroxyl groups is 1. The lowest BCUT2D eigenvalue weighted by Crippen LogP contribution is -2.14. The van der Waals surface area contributed by atoms with Gasteiger partial charge in [-0.3, -0.25) is 4.79 Å². The van der Waals surface area contributed by atoms with E-state index in [1.807, 2.05) is 19.9 Å². The van der Waals surface area contributed by atoms with Gasteiger partial charge in [-0.25, -0.2) is 9.79 Å². The van der Waals surface area contributed by atoms with E-state index in [9.17, 15) is 14.7 Å². The van der Waals surface area contributed by atoms with Gasteiger partial charge in [0.1, 0.15) is 27.9 Å². The Morgan fingerprint density at radius 3 is 2.44 bits per heavy atom. The second kappa shape index (κ2) is 11.6. The molecule has 0 aromatic heterocycles. The smallest absolute Gasteiger partial charge is 0.344 e. The summed E-state index contributed by atoms with van der Waals surface area (Å²) in [5, 5.41) is 11.0. The topological polar surface area (TPSA) is 94.4 Å². The van der Waals surface area contributed by atoms with Crippen LogP contribution in [0.25, 0.3) is 6.08 Å². The lowest BCUT2D eigenvalue weighted by molar-refractivity contribution is -0.138. The molecule has 0 atom stereocenters. The predicted molar refractivity (Wildman–Crippen MR) is 134 cm³/mol. The van der Waals surface area contributed by atoms with Gasteiger partial charge in [-0.05, 0) is 57.5 Å². The van der Waals surface area contributed by atoms with Crippen molar-refractivity contribution in [1.29, 1.82) is 0 Å². The summed E-state index contributed by atoms with van der Waals surface area (Å²) in [6, 6.07) is 12.4. The number of aliphatic hydroxyl groups excluding tert-OH is 1. The van der Waals surface area contributed by atoms with Crippen LogP contribution in [-0.4, -0.2) is 41.8 Å². The van der Waals surface area contributed by atoms with Crippen LogP contribution in [0.4, 0.5) is 0 Å². The van der Waals surface area contributed by atoms with Gasteiger partial charge in [0.05, 0.1) is 24.7 Å². The van der Waals surface area contributed by atoms with Crippen LogP contribution in [0.3, 0.4) is 0 Å². The Morgan fingerprint density at radius 2 is 1.76 bits per heavy atom. The van der Waals surface area contributed by atoms with Crippen molar-refractivity contribution in [3.05, 3.63) is 75.4 Å². The summed E-state index contributed by atoms with van der Waals surface area (Å²) in [7, 11) is 0. The lowest BCUT2D eigenvalue weighted by atomic mass is 10.1. The number of rotatable bonds is 8. The molecule has 1 heterocycles. The number of nitrogens with zero attached hydrogens (tertiary/aromatic N) is 1. The summed E-state index contributed by atoms with van der Waals surface area (Å²) in [6.07, 6.45) is 1.68. The Balaban J connectivity index is 2.05. The van der Waals surface area contributed by atoms with Gasteiger partial charge in [0.15, 0.2) is 0 Å². The number of thioether (sulfide) groups is 1. The zero-order valence-corrected chi connectivity index (χ0v) is 20.4. The molecule has 1 N–H and O–H groups in total. The predicted octanol–water partition coefficient (Wildman–Crippen LogP) is 5.49. The quantitative estimate of drug-likeness (QED) is 0.498. The van der Waals surface area contributed by atoms with E-state index in [-0.39, 0.29) is 23.0 Å². The first-order valence-electron chi connectivity index (χ1n) is 11.0. The third-order valence-electron chi connectivity index (χ3n) is 4.83.